The Morgan fingerprint density at radius 3 is 1.96 bits per heavy atom. The highest BCUT2D eigenvalue weighted by molar-refractivity contribution is 7.98. The lowest BCUT2D eigenvalue weighted by Crippen LogP contribution is -2.18. The maximum Gasteiger partial charge on any atom is 0.175 e. The van der Waals surface area contributed by atoms with Crippen LogP contribution in [0.1, 0.15) is 11.1 Å². The van der Waals surface area contributed by atoms with Gasteiger partial charge in [0.25, 0.3) is 0 Å². The van der Waals surface area contributed by atoms with E-state index in [1.807, 2.05) is 30.0 Å². The maximum absolute atomic E-state index is 5.37. The van der Waals surface area contributed by atoms with Crippen LogP contribution in [0.4, 0.5) is 11.4 Å². The fourth-order valence-electron chi connectivity index (χ4n) is 2.30. The number of hydrogen-bond acceptors (Lipinski definition) is 2. The molecule has 0 aliphatic heterocycles. The minimum atomic E-state index is 0.593. The molecular weight excluding hydrogens is 344 g/mol. The lowest BCUT2D eigenvalue weighted by Gasteiger charge is -2.11. The van der Waals surface area contributed by atoms with Gasteiger partial charge in [-0.25, -0.2) is 0 Å². The summed E-state index contributed by atoms with van der Waals surface area (Å²) >= 11 is 7.21. The topological polar surface area (TPSA) is 24.1 Å². The van der Waals surface area contributed by atoms with Crippen LogP contribution < -0.4 is 10.6 Å². The second kappa shape index (κ2) is 8.70. The molecule has 0 bridgehead atoms. The summed E-state index contributed by atoms with van der Waals surface area (Å²) in [5, 5.41) is 7.01. The molecule has 0 aromatic heterocycles. The fraction of sp³-hybridized carbons (Fsp3) is 0.0952. The SMILES string of the molecule is Cc1ccc(NC(=S)Nc2ccc(CSc3ccccc3)cc2)cc1. The second-order valence-electron chi connectivity index (χ2n) is 5.74. The van der Waals surface area contributed by atoms with Crippen molar-refractivity contribution in [1.29, 1.82) is 0 Å². The van der Waals surface area contributed by atoms with Crippen LogP contribution in [-0.4, -0.2) is 5.11 Å². The Balaban J connectivity index is 1.51. The molecule has 0 unspecified atom stereocenters. The molecule has 0 heterocycles. The molecule has 4 heteroatoms. The Morgan fingerprint density at radius 2 is 1.36 bits per heavy atom. The standard InChI is InChI=1S/C21H20N2S2/c1-16-7-11-18(12-8-16)22-21(24)23-19-13-9-17(10-14-19)15-25-20-5-3-2-4-6-20/h2-14H,15H2,1H3,(H2,22,23,24). The second-order valence-corrected chi connectivity index (χ2v) is 7.20. The summed E-state index contributed by atoms with van der Waals surface area (Å²) in [5.74, 6) is 0.955. The van der Waals surface area contributed by atoms with E-state index in [0.29, 0.717) is 5.11 Å². The van der Waals surface area contributed by atoms with Crippen LogP contribution in [-0.2, 0) is 5.75 Å². The average Bonchev–Trinajstić information content (AvgIpc) is 2.64. The summed E-state index contributed by atoms with van der Waals surface area (Å²) in [5.41, 5.74) is 4.49. The molecular formula is C21H20N2S2. The highest BCUT2D eigenvalue weighted by Gasteiger charge is 2.00. The number of nitrogens with one attached hydrogen (secondary N) is 2. The first-order valence-electron chi connectivity index (χ1n) is 8.10. The van der Waals surface area contributed by atoms with Crippen molar-refractivity contribution < 1.29 is 0 Å². The van der Waals surface area contributed by atoms with Gasteiger partial charge in [0.2, 0.25) is 0 Å². The van der Waals surface area contributed by atoms with E-state index in [9.17, 15) is 0 Å². The molecule has 2 nitrogen and oxygen atoms in total. The Morgan fingerprint density at radius 1 is 0.800 bits per heavy atom. The number of thioether (sulfide) groups is 1. The van der Waals surface area contributed by atoms with Crippen LogP contribution in [0.15, 0.2) is 83.8 Å². The molecule has 0 atom stereocenters. The molecule has 0 aliphatic rings. The Kier molecular flexibility index (Phi) is 6.09. The molecule has 0 spiro atoms. The number of anilines is 2. The molecule has 2 N–H and O–H groups in total. The lowest BCUT2D eigenvalue weighted by molar-refractivity contribution is 1.38. The lowest BCUT2D eigenvalue weighted by atomic mass is 10.2. The van der Waals surface area contributed by atoms with Gasteiger partial charge in [0, 0.05) is 22.0 Å². The van der Waals surface area contributed by atoms with Gasteiger partial charge in [0.15, 0.2) is 5.11 Å². The Hall–Kier alpha value is -2.30. The molecule has 0 saturated heterocycles. The molecule has 3 aromatic rings. The van der Waals surface area contributed by atoms with Gasteiger partial charge < -0.3 is 10.6 Å². The van der Waals surface area contributed by atoms with Crippen LogP contribution >= 0.6 is 24.0 Å². The van der Waals surface area contributed by atoms with Crippen LogP contribution in [0.25, 0.3) is 0 Å². The van der Waals surface area contributed by atoms with Crippen molar-refractivity contribution in [3.63, 3.8) is 0 Å². The van der Waals surface area contributed by atoms with E-state index < -0.39 is 0 Å². The molecule has 126 valence electrons. The van der Waals surface area contributed by atoms with Gasteiger partial charge >= 0.3 is 0 Å². The van der Waals surface area contributed by atoms with E-state index in [4.69, 9.17) is 12.2 Å². The van der Waals surface area contributed by atoms with E-state index in [1.165, 1.54) is 16.0 Å². The van der Waals surface area contributed by atoms with Crippen LogP contribution in [0.3, 0.4) is 0 Å². The van der Waals surface area contributed by atoms with Gasteiger partial charge in [-0.15, -0.1) is 11.8 Å². The maximum atomic E-state index is 5.37. The molecule has 25 heavy (non-hydrogen) atoms. The zero-order chi connectivity index (χ0) is 17.5. The summed E-state index contributed by atoms with van der Waals surface area (Å²) in [6.07, 6.45) is 0. The van der Waals surface area contributed by atoms with E-state index >= 15 is 0 Å². The highest BCUT2D eigenvalue weighted by Crippen LogP contribution is 2.23. The van der Waals surface area contributed by atoms with Gasteiger partial charge in [0.05, 0.1) is 0 Å². The average molecular weight is 365 g/mol. The smallest absolute Gasteiger partial charge is 0.175 e. The number of thiocarbonyl (C=S) groups is 1. The van der Waals surface area contributed by atoms with Gasteiger partial charge in [-0.05, 0) is 61.1 Å². The molecule has 0 radical (unpaired) electrons. The van der Waals surface area contributed by atoms with Gasteiger partial charge in [-0.2, -0.15) is 0 Å². The minimum Gasteiger partial charge on any atom is -0.332 e. The number of benzene rings is 3. The molecule has 3 aromatic carbocycles. The van der Waals surface area contributed by atoms with E-state index in [0.717, 1.165) is 17.1 Å². The van der Waals surface area contributed by atoms with Crippen LogP contribution in [0, 0.1) is 6.92 Å². The monoisotopic (exact) mass is 364 g/mol. The Labute approximate surface area is 158 Å². The quantitative estimate of drug-likeness (QED) is 0.422. The molecule has 0 amide bonds. The van der Waals surface area contributed by atoms with Crippen LogP contribution in [0.5, 0.6) is 0 Å². The summed E-state index contributed by atoms with van der Waals surface area (Å²) in [6.45, 7) is 2.07. The predicted octanol–water partition coefficient (Wildman–Crippen LogP) is 6.10. The normalized spacial score (nSPS) is 10.3. The van der Waals surface area contributed by atoms with Gasteiger partial charge in [-0.3, -0.25) is 0 Å². The molecule has 3 rings (SSSR count). The van der Waals surface area contributed by atoms with Crippen molar-refractivity contribution >= 4 is 40.5 Å². The molecule has 0 saturated carbocycles. The third kappa shape index (κ3) is 5.62. The first-order chi connectivity index (χ1) is 12.2. The van der Waals surface area contributed by atoms with Crippen molar-refractivity contribution in [2.45, 2.75) is 17.6 Å². The van der Waals surface area contributed by atoms with Gasteiger partial charge in [-0.1, -0.05) is 48.0 Å². The molecule has 0 aliphatic carbocycles. The zero-order valence-corrected chi connectivity index (χ0v) is 15.7. The summed E-state index contributed by atoms with van der Waals surface area (Å²) in [6, 6.07) is 27.0. The number of rotatable bonds is 5. The predicted molar refractivity (Wildman–Crippen MR) is 113 cm³/mol. The number of aryl methyl sites for hydroxylation is 1. The summed E-state index contributed by atoms with van der Waals surface area (Å²) < 4.78 is 0. The van der Waals surface area contributed by atoms with Crippen LogP contribution in [0.2, 0.25) is 0 Å². The molecule has 0 fully saturated rings. The zero-order valence-electron chi connectivity index (χ0n) is 14.0. The first-order valence-corrected chi connectivity index (χ1v) is 9.50. The van der Waals surface area contributed by atoms with Gasteiger partial charge in [0.1, 0.15) is 0 Å². The highest BCUT2D eigenvalue weighted by atomic mass is 32.2. The summed E-state index contributed by atoms with van der Waals surface area (Å²) in [7, 11) is 0. The summed E-state index contributed by atoms with van der Waals surface area (Å²) in [4.78, 5) is 1.29. The minimum absolute atomic E-state index is 0.593. The largest absolute Gasteiger partial charge is 0.332 e. The fourth-order valence-corrected chi connectivity index (χ4v) is 3.41. The van der Waals surface area contributed by atoms with E-state index in [-0.39, 0.29) is 0 Å². The van der Waals surface area contributed by atoms with Crippen molar-refractivity contribution in [1.82, 2.24) is 0 Å². The van der Waals surface area contributed by atoms with Crippen molar-refractivity contribution in [3.8, 4) is 0 Å². The van der Waals surface area contributed by atoms with Crippen molar-refractivity contribution in [2.75, 3.05) is 10.6 Å². The third-order valence-corrected chi connectivity index (χ3v) is 4.96. The number of hydrogen-bond donors (Lipinski definition) is 2. The van der Waals surface area contributed by atoms with E-state index in [2.05, 4.69) is 78.2 Å². The first kappa shape index (κ1) is 17.5. The van der Waals surface area contributed by atoms with E-state index in [1.54, 1.807) is 0 Å². The third-order valence-electron chi connectivity index (χ3n) is 3.67. The van der Waals surface area contributed by atoms with Crippen molar-refractivity contribution in [2.24, 2.45) is 0 Å². The Bertz CT molecular complexity index is 813. The van der Waals surface area contributed by atoms with Crippen molar-refractivity contribution in [3.05, 3.63) is 90.0 Å².